The van der Waals surface area contributed by atoms with Crippen LogP contribution in [0.3, 0.4) is 0 Å². The van der Waals surface area contributed by atoms with Crippen LogP contribution in [-0.4, -0.2) is 55.7 Å². The molecule has 1 aliphatic carbocycles. The highest BCUT2D eigenvalue weighted by atomic mass is 35.5. The molecule has 1 amide bonds. The minimum absolute atomic E-state index is 0. The minimum atomic E-state index is 0. The Morgan fingerprint density at radius 1 is 1.31 bits per heavy atom. The van der Waals surface area contributed by atoms with Crippen LogP contribution in [0.4, 0.5) is 0 Å². The van der Waals surface area contributed by atoms with E-state index in [9.17, 15) is 4.79 Å². The van der Waals surface area contributed by atoms with Crippen LogP contribution in [-0.2, 0) is 16.1 Å². The number of ether oxygens (including phenoxy) is 1. The monoisotopic (exact) mass is 381 g/mol. The first-order chi connectivity index (χ1) is 12.3. The normalized spacial score (nSPS) is 25.5. The van der Waals surface area contributed by atoms with Crippen LogP contribution < -0.4 is 10.6 Å². The molecule has 1 heterocycles. The van der Waals surface area contributed by atoms with Crippen LogP contribution in [0.25, 0.3) is 0 Å². The number of carbonyl (C=O) groups is 1. The Kier molecular flexibility index (Phi) is 8.85. The maximum atomic E-state index is 12.6. The Hall–Kier alpha value is -1.14. The lowest BCUT2D eigenvalue weighted by atomic mass is 9.94. The number of carbonyl (C=O) groups excluding carboxylic acids is 1. The number of halogens is 1. The number of likely N-dealkylation sites (N-methyl/N-ethyl adjacent to an activating group) is 1. The molecular weight excluding hydrogens is 350 g/mol. The highest BCUT2D eigenvalue weighted by Crippen LogP contribution is 2.29. The number of hydrogen-bond donors (Lipinski definition) is 2. The van der Waals surface area contributed by atoms with Gasteiger partial charge in [0, 0.05) is 31.7 Å². The number of nitrogens with one attached hydrogen (secondary N) is 2. The summed E-state index contributed by atoms with van der Waals surface area (Å²) in [5, 5.41) is 7.13. The number of nitrogens with zero attached hydrogens (tertiary/aromatic N) is 1. The molecule has 1 aromatic rings. The van der Waals surface area contributed by atoms with Crippen molar-refractivity contribution in [2.24, 2.45) is 5.92 Å². The molecule has 5 nitrogen and oxygen atoms in total. The van der Waals surface area contributed by atoms with Crippen LogP contribution in [0.5, 0.6) is 0 Å². The van der Waals surface area contributed by atoms with E-state index in [-0.39, 0.29) is 18.3 Å². The van der Waals surface area contributed by atoms with Crippen molar-refractivity contribution in [3.8, 4) is 0 Å². The third-order valence-electron chi connectivity index (χ3n) is 5.50. The standard InChI is InChI=1S/C20H31N3O2.ClH/c1-2-23(14-16-7-4-3-5-8-16)20(24)13-22-18-10-6-9-17(18)19-15-25-12-11-21-19;/h3-5,7-8,17-19,21-22H,2,6,9-15H2,1H3;1H. The minimum Gasteiger partial charge on any atom is -0.379 e. The zero-order valence-corrected chi connectivity index (χ0v) is 16.5. The first-order valence-corrected chi connectivity index (χ1v) is 9.64. The second-order valence-electron chi connectivity index (χ2n) is 7.11. The molecule has 0 spiro atoms. The molecule has 3 rings (SSSR count). The van der Waals surface area contributed by atoms with Gasteiger partial charge in [0.2, 0.25) is 5.91 Å². The largest absolute Gasteiger partial charge is 0.379 e. The molecule has 1 saturated carbocycles. The third-order valence-corrected chi connectivity index (χ3v) is 5.50. The van der Waals surface area contributed by atoms with Gasteiger partial charge in [0.25, 0.3) is 0 Å². The van der Waals surface area contributed by atoms with Gasteiger partial charge in [0.15, 0.2) is 0 Å². The number of benzene rings is 1. The summed E-state index contributed by atoms with van der Waals surface area (Å²) in [6.45, 7) is 6.44. The summed E-state index contributed by atoms with van der Waals surface area (Å²) in [5.74, 6) is 0.752. The Labute approximate surface area is 163 Å². The molecule has 1 aliphatic heterocycles. The summed E-state index contributed by atoms with van der Waals surface area (Å²) in [5.41, 5.74) is 1.18. The second kappa shape index (κ2) is 10.9. The fourth-order valence-corrected chi connectivity index (χ4v) is 4.09. The van der Waals surface area contributed by atoms with Gasteiger partial charge in [-0.15, -0.1) is 12.4 Å². The molecule has 2 N–H and O–H groups in total. The van der Waals surface area contributed by atoms with E-state index >= 15 is 0 Å². The molecule has 146 valence electrons. The fourth-order valence-electron chi connectivity index (χ4n) is 4.09. The van der Waals surface area contributed by atoms with Gasteiger partial charge in [-0.3, -0.25) is 4.79 Å². The Balaban J connectivity index is 0.00000243. The van der Waals surface area contributed by atoms with Crippen molar-refractivity contribution >= 4 is 18.3 Å². The topological polar surface area (TPSA) is 53.6 Å². The van der Waals surface area contributed by atoms with E-state index in [1.165, 1.54) is 18.4 Å². The summed E-state index contributed by atoms with van der Waals surface area (Å²) >= 11 is 0. The highest BCUT2D eigenvalue weighted by molar-refractivity contribution is 5.85. The number of amides is 1. The van der Waals surface area contributed by atoms with Crippen molar-refractivity contribution < 1.29 is 9.53 Å². The smallest absolute Gasteiger partial charge is 0.236 e. The van der Waals surface area contributed by atoms with E-state index in [1.807, 2.05) is 30.0 Å². The zero-order valence-electron chi connectivity index (χ0n) is 15.7. The number of rotatable bonds is 7. The molecule has 1 aromatic carbocycles. The lowest BCUT2D eigenvalue weighted by molar-refractivity contribution is -0.130. The molecule has 3 unspecified atom stereocenters. The van der Waals surface area contributed by atoms with Gasteiger partial charge in [-0.2, -0.15) is 0 Å². The molecule has 6 heteroatoms. The van der Waals surface area contributed by atoms with Gasteiger partial charge in [-0.25, -0.2) is 0 Å². The Bertz CT molecular complexity index is 537. The second-order valence-corrected chi connectivity index (χ2v) is 7.11. The highest BCUT2D eigenvalue weighted by Gasteiger charge is 2.34. The van der Waals surface area contributed by atoms with E-state index in [0.717, 1.165) is 32.7 Å². The van der Waals surface area contributed by atoms with Gasteiger partial charge in [0.05, 0.1) is 19.8 Å². The van der Waals surface area contributed by atoms with Crippen molar-refractivity contribution in [1.82, 2.24) is 15.5 Å². The van der Waals surface area contributed by atoms with E-state index in [1.54, 1.807) is 0 Å². The number of morpholine rings is 1. The predicted molar refractivity (Wildman–Crippen MR) is 107 cm³/mol. The van der Waals surface area contributed by atoms with Gasteiger partial charge < -0.3 is 20.3 Å². The summed E-state index contributed by atoms with van der Waals surface area (Å²) in [6.07, 6.45) is 3.60. The predicted octanol–water partition coefficient (Wildman–Crippen LogP) is 2.20. The van der Waals surface area contributed by atoms with E-state index < -0.39 is 0 Å². The maximum absolute atomic E-state index is 12.6. The lowest BCUT2D eigenvalue weighted by Crippen LogP contribution is -2.52. The van der Waals surface area contributed by atoms with Crippen LogP contribution in [0.15, 0.2) is 30.3 Å². The summed E-state index contributed by atoms with van der Waals surface area (Å²) in [6, 6.07) is 11.0. The first kappa shape index (κ1) is 21.2. The van der Waals surface area contributed by atoms with E-state index in [0.29, 0.717) is 31.1 Å². The van der Waals surface area contributed by atoms with Crippen molar-refractivity contribution in [2.75, 3.05) is 32.8 Å². The maximum Gasteiger partial charge on any atom is 0.236 e. The van der Waals surface area contributed by atoms with E-state index in [4.69, 9.17) is 4.74 Å². The molecule has 3 atom stereocenters. The molecule has 2 aliphatic rings. The van der Waals surface area contributed by atoms with Gasteiger partial charge in [0.1, 0.15) is 0 Å². The molecular formula is C20H32ClN3O2. The SMILES string of the molecule is CCN(Cc1ccccc1)C(=O)CNC1CCCC1C1COCCN1.Cl. The van der Waals surface area contributed by atoms with Crippen LogP contribution in [0.1, 0.15) is 31.7 Å². The molecule has 2 fully saturated rings. The molecule has 0 bridgehead atoms. The van der Waals surface area contributed by atoms with Crippen molar-refractivity contribution in [3.05, 3.63) is 35.9 Å². The van der Waals surface area contributed by atoms with Crippen LogP contribution in [0.2, 0.25) is 0 Å². The molecule has 26 heavy (non-hydrogen) atoms. The first-order valence-electron chi connectivity index (χ1n) is 9.64. The summed E-state index contributed by atoms with van der Waals surface area (Å²) < 4.78 is 5.62. The van der Waals surface area contributed by atoms with Crippen molar-refractivity contribution in [1.29, 1.82) is 0 Å². The van der Waals surface area contributed by atoms with Gasteiger partial charge >= 0.3 is 0 Å². The lowest BCUT2D eigenvalue weighted by Gasteiger charge is -2.33. The van der Waals surface area contributed by atoms with Gasteiger partial charge in [-0.1, -0.05) is 36.8 Å². The van der Waals surface area contributed by atoms with Crippen LogP contribution in [0, 0.1) is 5.92 Å². The van der Waals surface area contributed by atoms with Crippen molar-refractivity contribution in [3.63, 3.8) is 0 Å². The van der Waals surface area contributed by atoms with Crippen LogP contribution >= 0.6 is 12.4 Å². The molecule has 0 aromatic heterocycles. The molecule has 0 radical (unpaired) electrons. The third kappa shape index (κ3) is 5.68. The average Bonchev–Trinajstić information content (AvgIpc) is 3.14. The average molecular weight is 382 g/mol. The summed E-state index contributed by atoms with van der Waals surface area (Å²) in [7, 11) is 0. The summed E-state index contributed by atoms with van der Waals surface area (Å²) in [4.78, 5) is 14.6. The zero-order chi connectivity index (χ0) is 17.5. The van der Waals surface area contributed by atoms with E-state index in [2.05, 4.69) is 22.8 Å². The Morgan fingerprint density at radius 2 is 2.12 bits per heavy atom. The Morgan fingerprint density at radius 3 is 2.81 bits per heavy atom. The van der Waals surface area contributed by atoms with Gasteiger partial charge in [-0.05, 0) is 31.2 Å². The number of hydrogen-bond acceptors (Lipinski definition) is 4. The van der Waals surface area contributed by atoms with Crippen molar-refractivity contribution in [2.45, 2.75) is 44.8 Å². The molecule has 1 saturated heterocycles. The fraction of sp³-hybridized carbons (Fsp3) is 0.650. The quantitative estimate of drug-likeness (QED) is 0.760.